The molecule has 0 N–H and O–H groups in total. The minimum Gasteiger partial charge on any atom is -0.452 e. The SMILES string of the molecule is CN(C(=O)COC(=O)c1cccnc1Cl)C1(c2ccccc2Cl)CCCCC1=O. The summed E-state index contributed by atoms with van der Waals surface area (Å²) >= 11 is 12.3. The van der Waals surface area contributed by atoms with Crippen molar-refractivity contribution in [3.8, 4) is 0 Å². The fourth-order valence-electron chi connectivity index (χ4n) is 3.68. The van der Waals surface area contributed by atoms with Gasteiger partial charge in [0.1, 0.15) is 10.7 Å². The number of Topliss-reactive ketones (excluding diaryl/α,β-unsaturated/α-hetero) is 1. The highest BCUT2D eigenvalue weighted by molar-refractivity contribution is 6.32. The molecule has 1 saturated carbocycles. The molecule has 8 heteroatoms. The Morgan fingerprint density at radius 1 is 1.17 bits per heavy atom. The van der Waals surface area contributed by atoms with E-state index in [4.69, 9.17) is 27.9 Å². The number of esters is 1. The van der Waals surface area contributed by atoms with Gasteiger partial charge in [-0.3, -0.25) is 9.59 Å². The summed E-state index contributed by atoms with van der Waals surface area (Å²) < 4.78 is 5.13. The van der Waals surface area contributed by atoms with Crippen molar-refractivity contribution in [1.29, 1.82) is 0 Å². The van der Waals surface area contributed by atoms with Crippen LogP contribution in [0.2, 0.25) is 10.2 Å². The number of carbonyl (C=O) groups excluding carboxylic acids is 3. The molecule has 0 aliphatic heterocycles. The number of halogens is 2. The summed E-state index contributed by atoms with van der Waals surface area (Å²) in [7, 11) is 1.54. The topological polar surface area (TPSA) is 76.6 Å². The van der Waals surface area contributed by atoms with Crippen LogP contribution in [0.1, 0.15) is 41.6 Å². The molecule has 1 aliphatic carbocycles. The molecule has 1 amide bonds. The van der Waals surface area contributed by atoms with Crippen LogP contribution in [0.4, 0.5) is 0 Å². The van der Waals surface area contributed by atoms with Crippen LogP contribution in [0.15, 0.2) is 42.6 Å². The lowest BCUT2D eigenvalue weighted by Gasteiger charge is -2.43. The van der Waals surface area contributed by atoms with Gasteiger partial charge in [-0.2, -0.15) is 0 Å². The van der Waals surface area contributed by atoms with Gasteiger partial charge in [0.2, 0.25) is 0 Å². The van der Waals surface area contributed by atoms with Crippen LogP contribution in [0, 0.1) is 0 Å². The lowest BCUT2D eigenvalue weighted by atomic mass is 9.74. The van der Waals surface area contributed by atoms with Gasteiger partial charge in [0, 0.05) is 30.3 Å². The molecule has 1 heterocycles. The van der Waals surface area contributed by atoms with Crippen molar-refractivity contribution in [2.75, 3.05) is 13.7 Å². The lowest BCUT2D eigenvalue weighted by molar-refractivity contribution is -0.150. The zero-order chi connectivity index (χ0) is 21.0. The Labute approximate surface area is 178 Å². The quantitative estimate of drug-likeness (QED) is 0.524. The van der Waals surface area contributed by atoms with Crippen molar-refractivity contribution in [2.24, 2.45) is 0 Å². The normalized spacial score (nSPS) is 18.9. The van der Waals surface area contributed by atoms with Gasteiger partial charge in [-0.15, -0.1) is 0 Å². The summed E-state index contributed by atoms with van der Waals surface area (Å²) in [5.74, 6) is -1.34. The Morgan fingerprint density at radius 2 is 1.93 bits per heavy atom. The number of aromatic nitrogens is 1. The summed E-state index contributed by atoms with van der Waals surface area (Å²) in [5.41, 5.74) is -0.519. The lowest BCUT2D eigenvalue weighted by Crippen LogP contribution is -2.55. The predicted molar refractivity (Wildman–Crippen MR) is 109 cm³/mol. The van der Waals surface area contributed by atoms with Gasteiger partial charge in [-0.25, -0.2) is 9.78 Å². The first-order valence-electron chi connectivity index (χ1n) is 9.20. The second-order valence-corrected chi connectivity index (χ2v) is 7.61. The van der Waals surface area contributed by atoms with Gasteiger partial charge >= 0.3 is 5.97 Å². The molecule has 0 saturated heterocycles. The van der Waals surface area contributed by atoms with Crippen LogP contribution < -0.4 is 0 Å². The van der Waals surface area contributed by atoms with E-state index in [1.165, 1.54) is 17.2 Å². The van der Waals surface area contributed by atoms with E-state index in [-0.39, 0.29) is 16.5 Å². The van der Waals surface area contributed by atoms with Crippen LogP contribution in [-0.2, 0) is 19.9 Å². The molecule has 1 fully saturated rings. The maximum atomic E-state index is 13.0. The standard InChI is InChI=1S/C21H20Cl2N2O4/c1-25(18(27)13-29-20(28)14-7-6-12-24-19(14)23)21(11-5-4-10-17(21)26)15-8-2-3-9-16(15)22/h2-3,6-9,12H,4-5,10-11,13H2,1H3. The monoisotopic (exact) mass is 434 g/mol. The second-order valence-electron chi connectivity index (χ2n) is 6.84. The molecule has 0 bridgehead atoms. The third kappa shape index (κ3) is 4.14. The number of ketones is 1. The van der Waals surface area contributed by atoms with Crippen molar-refractivity contribution in [2.45, 2.75) is 31.2 Å². The largest absolute Gasteiger partial charge is 0.452 e. The smallest absolute Gasteiger partial charge is 0.341 e. The number of hydrogen-bond donors (Lipinski definition) is 0. The number of amides is 1. The molecule has 1 aromatic heterocycles. The predicted octanol–water partition coefficient (Wildman–Crippen LogP) is 4.04. The van der Waals surface area contributed by atoms with E-state index in [2.05, 4.69) is 4.98 Å². The van der Waals surface area contributed by atoms with Crippen LogP contribution >= 0.6 is 23.2 Å². The number of likely N-dealkylation sites (N-methyl/N-ethyl adjacent to an activating group) is 1. The van der Waals surface area contributed by atoms with Gasteiger partial charge in [0.25, 0.3) is 5.91 Å². The number of benzene rings is 1. The molecule has 1 unspecified atom stereocenters. The second kappa shape index (κ2) is 8.93. The van der Waals surface area contributed by atoms with Gasteiger partial charge < -0.3 is 9.64 Å². The fraction of sp³-hybridized carbons (Fsp3) is 0.333. The first-order chi connectivity index (χ1) is 13.9. The van der Waals surface area contributed by atoms with E-state index >= 15 is 0 Å². The molecule has 0 spiro atoms. The Morgan fingerprint density at radius 3 is 2.62 bits per heavy atom. The van der Waals surface area contributed by atoms with E-state index in [0.29, 0.717) is 23.4 Å². The minimum atomic E-state index is -1.17. The molecule has 6 nitrogen and oxygen atoms in total. The molecule has 1 aliphatic rings. The molecular weight excluding hydrogens is 415 g/mol. The van der Waals surface area contributed by atoms with E-state index in [1.807, 2.05) is 0 Å². The van der Waals surface area contributed by atoms with Crippen LogP contribution in [0.3, 0.4) is 0 Å². The van der Waals surface area contributed by atoms with Crippen molar-refractivity contribution in [1.82, 2.24) is 9.88 Å². The third-order valence-corrected chi connectivity index (χ3v) is 5.86. The molecule has 29 heavy (non-hydrogen) atoms. The zero-order valence-electron chi connectivity index (χ0n) is 15.9. The van der Waals surface area contributed by atoms with Gasteiger partial charge in [0.15, 0.2) is 12.4 Å². The number of pyridine rings is 1. The number of ether oxygens (including phenoxy) is 1. The van der Waals surface area contributed by atoms with E-state index in [0.717, 1.165) is 12.8 Å². The van der Waals surface area contributed by atoms with E-state index in [1.54, 1.807) is 37.4 Å². The third-order valence-electron chi connectivity index (χ3n) is 5.23. The van der Waals surface area contributed by atoms with Crippen LogP contribution in [0.5, 0.6) is 0 Å². The van der Waals surface area contributed by atoms with Crippen LogP contribution in [0.25, 0.3) is 0 Å². The Bertz CT molecular complexity index is 950. The van der Waals surface area contributed by atoms with Crippen molar-refractivity contribution >= 4 is 40.9 Å². The molecule has 0 radical (unpaired) electrons. The number of rotatable bonds is 5. The number of hydrogen-bond acceptors (Lipinski definition) is 5. The molecule has 2 aromatic rings. The molecule has 3 rings (SSSR count). The minimum absolute atomic E-state index is 0.00620. The Kier molecular flexibility index (Phi) is 6.55. The highest BCUT2D eigenvalue weighted by atomic mass is 35.5. The molecular formula is C21H20Cl2N2O4. The van der Waals surface area contributed by atoms with E-state index < -0.39 is 24.0 Å². The van der Waals surface area contributed by atoms with Gasteiger partial charge in [-0.05, 0) is 37.5 Å². The highest BCUT2D eigenvalue weighted by Gasteiger charge is 2.48. The summed E-state index contributed by atoms with van der Waals surface area (Å²) in [6.45, 7) is -0.528. The first-order valence-corrected chi connectivity index (χ1v) is 9.96. The Balaban J connectivity index is 1.83. The summed E-state index contributed by atoms with van der Waals surface area (Å²) in [6, 6.07) is 10.0. The molecule has 1 aromatic carbocycles. The number of nitrogens with zero attached hydrogens (tertiary/aromatic N) is 2. The van der Waals surface area contributed by atoms with Crippen LogP contribution in [-0.4, -0.2) is 41.2 Å². The Hall–Kier alpha value is -2.44. The van der Waals surface area contributed by atoms with Gasteiger partial charge in [0.05, 0.1) is 5.56 Å². The summed E-state index contributed by atoms with van der Waals surface area (Å²) in [5, 5.41) is 0.412. The van der Waals surface area contributed by atoms with Crippen molar-refractivity contribution in [3.05, 3.63) is 63.9 Å². The average Bonchev–Trinajstić information content (AvgIpc) is 2.72. The zero-order valence-corrected chi connectivity index (χ0v) is 17.4. The maximum absolute atomic E-state index is 13.0. The molecule has 1 atom stereocenters. The van der Waals surface area contributed by atoms with E-state index in [9.17, 15) is 14.4 Å². The fourth-order valence-corrected chi connectivity index (χ4v) is 4.17. The highest BCUT2D eigenvalue weighted by Crippen LogP contribution is 2.42. The maximum Gasteiger partial charge on any atom is 0.341 e. The average molecular weight is 435 g/mol. The molecule has 152 valence electrons. The van der Waals surface area contributed by atoms with Gasteiger partial charge in [-0.1, -0.05) is 41.4 Å². The first kappa shape index (κ1) is 21.3. The number of carbonyl (C=O) groups is 3. The summed E-state index contributed by atoms with van der Waals surface area (Å²) in [6.07, 6.45) is 3.80. The summed E-state index contributed by atoms with van der Waals surface area (Å²) in [4.78, 5) is 43.3. The van der Waals surface area contributed by atoms with Crippen molar-refractivity contribution < 1.29 is 19.1 Å². The van der Waals surface area contributed by atoms with Crippen molar-refractivity contribution in [3.63, 3.8) is 0 Å².